The van der Waals surface area contributed by atoms with Crippen LogP contribution in [-0.2, 0) is 0 Å². The maximum atomic E-state index is 5.51. The molecule has 0 saturated heterocycles. The molecule has 2 aromatic carbocycles. The molecule has 0 aliphatic carbocycles. The minimum absolute atomic E-state index is 0.677. The number of aromatic nitrogens is 1. The van der Waals surface area contributed by atoms with Crippen molar-refractivity contribution in [1.82, 2.24) is 4.98 Å². The van der Waals surface area contributed by atoms with Gasteiger partial charge < -0.3 is 4.74 Å². The molecule has 0 N–H and O–H groups in total. The Morgan fingerprint density at radius 2 is 1.81 bits per heavy atom. The minimum atomic E-state index is 0.677. The van der Waals surface area contributed by atoms with Crippen molar-refractivity contribution in [2.24, 2.45) is 0 Å². The number of hydrogen-bond acceptors (Lipinski definition) is 2. The van der Waals surface area contributed by atoms with Crippen LogP contribution in [-0.4, -0.2) is 11.6 Å². The van der Waals surface area contributed by atoms with Crippen LogP contribution in [0.25, 0.3) is 23.1 Å². The number of hydrogen-bond donors (Lipinski definition) is 0. The monoisotopic (exact) mass is 275 g/mol. The largest absolute Gasteiger partial charge is 0.494 e. The second kappa shape index (κ2) is 6.23. The number of pyridine rings is 1. The van der Waals surface area contributed by atoms with Gasteiger partial charge in [-0.15, -0.1) is 0 Å². The first-order valence-corrected chi connectivity index (χ1v) is 7.12. The van der Waals surface area contributed by atoms with E-state index in [0.717, 1.165) is 22.3 Å². The molecule has 0 fully saturated rings. The Morgan fingerprint density at radius 1 is 0.952 bits per heavy atom. The van der Waals surface area contributed by atoms with Crippen LogP contribution in [0.2, 0.25) is 0 Å². The van der Waals surface area contributed by atoms with Gasteiger partial charge in [0.1, 0.15) is 5.75 Å². The predicted molar refractivity (Wildman–Crippen MR) is 88.3 cm³/mol. The van der Waals surface area contributed by atoms with Gasteiger partial charge in [-0.1, -0.05) is 42.5 Å². The fraction of sp³-hybridized carbons (Fsp3) is 0.105. The van der Waals surface area contributed by atoms with Crippen molar-refractivity contribution < 1.29 is 4.74 Å². The maximum Gasteiger partial charge on any atom is 0.120 e. The molecular weight excluding hydrogens is 258 g/mol. The highest BCUT2D eigenvalue weighted by molar-refractivity contribution is 5.82. The molecule has 21 heavy (non-hydrogen) atoms. The maximum absolute atomic E-state index is 5.51. The number of benzene rings is 2. The Labute approximate surface area is 124 Å². The molecule has 1 aromatic heterocycles. The highest BCUT2D eigenvalue weighted by atomic mass is 16.5. The first-order chi connectivity index (χ1) is 10.3. The SMILES string of the molecule is CCOc1ccc2nc(/C=C\c3ccccc3)ccc2c1. The smallest absolute Gasteiger partial charge is 0.120 e. The van der Waals surface area contributed by atoms with E-state index in [0.29, 0.717) is 6.61 Å². The van der Waals surface area contributed by atoms with Gasteiger partial charge in [0.15, 0.2) is 0 Å². The Bertz CT molecular complexity index is 763. The summed E-state index contributed by atoms with van der Waals surface area (Å²) in [4.78, 5) is 4.65. The van der Waals surface area contributed by atoms with Crippen LogP contribution in [0.5, 0.6) is 5.75 Å². The van der Waals surface area contributed by atoms with E-state index >= 15 is 0 Å². The topological polar surface area (TPSA) is 22.1 Å². The summed E-state index contributed by atoms with van der Waals surface area (Å²) in [6.07, 6.45) is 4.11. The second-order valence-corrected chi connectivity index (χ2v) is 4.77. The average Bonchev–Trinajstić information content (AvgIpc) is 2.54. The fourth-order valence-corrected chi connectivity index (χ4v) is 2.21. The second-order valence-electron chi connectivity index (χ2n) is 4.77. The lowest BCUT2D eigenvalue weighted by Crippen LogP contribution is -1.91. The first-order valence-electron chi connectivity index (χ1n) is 7.12. The van der Waals surface area contributed by atoms with Crippen molar-refractivity contribution in [3.63, 3.8) is 0 Å². The predicted octanol–water partition coefficient (Wildman–Crippen LogP) is 4.80. The molecule has 3 aromatic rings. The third-order valence-corrected chi connectivity index (χ3v) is 3.24. The van der Waals surface area contributed by atoms with Crippen LogP contribution in [0.4, 0.5) is 0 Å². The molecule has 0 saturated carbocycles. The van der Waals surface area contributed by atoms with E-state index in [2.05, 4.69) is 29.3 Å². The standard InChI is InChI=1S/C19H17NO/c1-2-21-18-12-13-19-16(14-18)9-11-17(20-19)10-8-15-6-4-3-5-7-15/h3-14H,2H2,1H3/b10-8-. The molecule has 2 nitrogen and oxygen atoms in total. The molecule has 0 aliphatic heterocycles. The zero-order valence-corrected chi connectivity index (χ0v) is 12.0. The van der Waals surface area contributed by atoms with Crippen molar-refractivity contribution >= 4 is 23.1 Å². The van der Waals surface area contributed by atoms with Gasteiger partial charge in [-0.2, -0.15) is 0 Å². The lowest BCUT2D eigenvalue weighted by molar-refractivity contribution is 0.340. The number of rotatable bonds is 4. The van der Waals surface area contributed by atoms with Crippen LogP contribution in [0.3, 0.4) is 0 Å². The van der Waals surface area contributed by atoms with Crippen molar-refractivity contribution in [2.75, 3.05) is 6.61 Å². The Kier molecular flexibility index (Phi) is 3.97. The van der Waals surface area contributed by atoms with Gasteiger partial charge in [0.05, 0.1) is 17.8 Å². The molecule has 0 radical (unpaired) electrons. The van der Waals surface area contributed by atoms with E-state index in [1.807, 2.05) is 55.5 Å². The normalized spacial score (nSPS) is 11.1. The summed E-state index contributed by atoms with van der Waals surface area (Å²) in [5.41, 5.74) is 3.11. The van der Waals surface area contributed by atoms with Crippen LogP contribution in [0.15, 0.2) is 60.7 Å². The van der Waals surface area contributed by atoms with Gasteiger partial charge >= 0.3 is 0 Å². The van der Waals surface area contributed by atoms with Crippen LogP contribution < -0.4 is 4.74 Å². The van der Waals surface area contributed by atoms with Gasteiger partial charge in [-0.3, -0.25) is 0 Å². The minimum Gasteiger partial charge on any atom is -0.494 e. The number of ether oxygens (including phenoxy) is 1. The summed E-state index contributed by atoms with van der Waals surface area (Å²) in [6.45, 7) is 2.66. The van der Waals surface area contributed by atoms with Crippen molar-refractivity contribution in [3.05, 3.63) is 71.9 Å². The summed E-state index contributed by atoms with van der Waals surface area (Å²) >= 11 is 0. The van der Waals surface area contributed by atoms with Crippen molar-refractivity contribution in [3.8, 4) is 5.75 Å². The average molecular weight is 275 g/mol. The highest BCUT2D eigenvalue weighted by Crippen LogP contribution is 2.20. The van der Waals surface area contributed by atoms with E-state index < -0.39 is 0 Å². The molecule has 1 heterocycles. The van der Waals surface area contributed by atoms with Gasteiger partial charge in [0, 0.05) is 5.39 Å². The van der Waals surface area contributed by atoms with E-state index in [1.165, 1.54) is 5.56 Å². The summed E-state index contributed by atoms with van der Waals surface area (Å²) < 4.78 is 5.51. The Morgan fingerprint density at radius 3 is 2.62 bits per heavy atom. The summed E-state index contributed by atoms with van der Waals surface area (Å²) in [5, 5.41) is 1.10. The van der Waals surface area contributed by atoms with Crippen LogP contribution in [0, 0.1) is 0 Å². The van der Waals surface area contributed by atoms with Gasteiger partial charge in [0.25, 0.3) is 0 Å². The Hall–Kier alpha value is -2.61. The Balaban J connectivity index is 1.87. The van der Waals surface area contributed by atoms with E-state index in [4.69, 9.17) is 4.74 Å². The number of nitrogens with zero attached hydrogens (tertiary/aromatic N) is 1. The molecule has 3 rings (SSSR count). The molecule has 0 amide bonds. The number of fused-ring (bicyclic) bond motifs is 1. The lowest BCUT2D eigenvalue weighted by atomic mass is 10.1. The van der Waals surface area contributed by atoms with Crippen LogP contribution >= 0.6 is 0 Å². The zero-order valence-electron chi connectivity index (χ0n) is 12.0. The first kappa shape index (κ1) is 13.4. The van der Waals surface area contributed by atoms with Gasteiger partial charge in [-0.25, -0.2) is 4.98 Å². The van der Waals surface area contributed by atoms with E-state index in [9.17, 15) is 0 Å². The summed E-state index contributed by atoms with van der Waals surface area (Å²) in [6, 6.07) is 20.3. The summed E-state index contributed by atoms with van der Waals surface area (Å²) in [7, 11) is 0. The molecule has 0 bridgehead atoms. The quantitative estimate of drug-likeness (QED) is 0.682. The molecule has 0 unspecified atom stereocenters. The third-order valence-electron chi connectivity index (χ3n) is 3.24. The summed E-state index contributed by atoms with van der Waals surface area (Å²) in [5.74, 6) is 0.888. The molecular formula is C19H17NO. The van der Waals surface area contributed by atoms with Gasteiger partial charge in [0.2, 0.25) is 0 Å². The zero-order chi connectivity index (χ0) is 14.5. The molecule has 104 valence electrons. The highest BCUT2D eigenvalue weighted by Gasteiger charge is 1.99. The lowest BCUT2D eigenvalue weighted by Gasteiger charge is -2.04. The molecule has 0 aliphatic rings. The van der Waals surface area contributed by atoms with Crippen LogP contribution in [0.1, 0.15) is 18.2 Å². The molecule has 2 heteroatoms. The van der Waals surface area contributed by atoms with E-state index in [-0.39, 0.29) is 0 Å². The third kappa shape index (κ3) is 3.29. The van der Waals surface area contributed by atoms with Crippen molar-refractivity contribution in [2.45, 2.75) is 6.92 Å². The molecule has 0 spiro atoms. The van der Waals surface area contributed by atoms with Crippen molar-refractivity contribution in [1.29, 1.82) is 0 Å². The van der Waals surface area contributed by atoms with E-state index in [1.54, 1.807) is 0 Å². The van der Waals surface area contributed by atoms with Gasteiger partial charge in [-0.05, 0) is 42.8 Å². The fourth-order valence-electron chi connectivity index (χ4n) is 2.21. The molecule has 0 atom stereocenters.